The molecule has 3 heteroatoms. The lowest BCUT2D eigenvalue weighted by atomic mass is 9.89. The molecule has 1 aliphatic heterocycles. The number of hydrogen-bond acceptors (Lipinski definition) is 2. The molecule has 2 saturated carbocycles. The van der Waals surface area contributed by atoms with Gasteiger partial charge in [-0.15, -0.1) is 0 Å². The molecule has 0 aromatic heterocycles. The van der Waals surface area contributed by atoms with Crippen molar-refractivity contribution in [2.45, 2.75) is 32.6 Å². The average molecular weight is 234 g/mol. The minimum absolute atomic E-state index is 0.157. The van der Waals surface area contributed by atoms with Crippen molar-refractivity contribution < 1.29 is 4.79 Å². The first-order chi connectivity index (χ1) is 8.24. The zero-order valence-corrected chi connectivity index (χ0v) is 10.6. The van der Waals surface area contributed by atoms with Gasteiger partial charge in [-0.2, -0.15) is 0 Å². The maximum Gasteiger partial charge on any atom is 0.246 e. The number of carbonyl (C=O) groups is 1. The zero-order chi connectivity index (χ0) is 11.8. The fourth-order valence-electron chi connectivity index (χ4n) is 3.66. The van der Waals surface area contributed by atoms with Gasteiger partial charge in [0.15, 0.2) is 0 Å². The van der Waals surface area contributed by atoms with Gasteiger partial charge in [0, 0.05) is 25.2 Å². The highest BCUT2D eigenvalue weighted by Gasteiger charge is 2.39. The van der Waals surface area contributed by atoms with Crippen molar-refractivity contribution in [3.05, 3.63) is 11.1 Å². The van der Waals surface area contributed by atoms with Crippen LogP contribution in [0.3, 0.4) is 0 Å². The summed E-state index contributed by atoms with van der Waals surface area (Å²) in [6, 6.07) is 0. The molecule has 3 fully saturated rings. The summed E-state index contributed by atoms with van der Waals surface area (Å²) in [6.07, 6.45) is 5.60. The SMILES string of the molecule is CC(C(=O)NCC1CC2CCC1C2)=C1CNC1. The Morgan fingerprint density at radius 3 is 2.71 bits per heavy atom. The van der Waals surface area contributed by atoms with E-state index in [0.717, 1.165) is 43.0 Å². The summed E-state index contributed by atoms with van der Waals surface area (Å²) in [4.78, 5) is 11.9. The molecule has 2 N–H and O–H groups in total. The third-order valence-corrected chi connectivity index (χ3v) is 4.96. The summed E-state index contributed by atoms with van der Waals surface area (Å²) in [6.45, 7) is 4.64. The minimum Gasteiger partial charge on any atom is -0.352 e. The first-order valence-electron chi connectivity index (χ1n) is 6.91. The second kappa shape index (κ2) is 4.45. The van der Waals surface area contributed by atoms with Crippen LogP contribution in [0.5, 0.6) is 0 Å². The quantitative estimate of drug-likeness (QED) is 0.726. The number of fused-ring (bicyclic) bond motifs is 2. The monoisotopic (exact) mass is 234 g/mol. The molecule has 3 aliphatic rings. The van der Waals surface area contributed by atoms with Crippen molar-refractivity contribution in [2.24, 2.45) is 17.8 Å². The number of hydrogen-bond donors (Lipinski definition) is 2. The molecule has 17 heavy (non-hydrogen) atoms. The van der Waals surface area contributed by atoms with E-state index < -0.39 is 0 Å². The molecule has 3 nitrogen and oxygen atoms in total. The van der Waals surface area contributed by atoms with E-state index in [1.54, 1.807) is 0 Å². The Morgan fingerprint density at radius 2 is 2.18 bits per heavy atom. The Hall–Kier alpha value is -0.830. The van der Waals surface area contributed by atoms with Gasteiger partial charge >= 0.3 is 0 Å². The molecule has 3 unspecified atom stereocenters. The molecule has 0 aromatic carbocycles. The van der Waals surface area contributed by atoms with Gasteiger partial charge in [0.25, 0.3) is 0 Å². The Kier molecular flexibility index (Phi) is 2.95. The molecular weight excluding hydrogens is 212 g/mol. The van der Waals surface area contributed by atoms with Crippen molar-refractivity contribution in [2.75, 3.05) is 19.6 Å². The number of carbonyl (C=O) groups excluding carboxylic acids is 1. The van der Waals surface area contributed by atoms with Gasteiger partial charge in [0.1, 0.15) is 0 Å². The van der Waals surface area contributed by atoms with E-state index in [1.807, 2.05) is 6.92 Å². The van der Waals surface area contributed by atoms with Crippen LogP contribution in [0.25, 0.3) is 0 Å². The van der Waals surface area contributed by atoms with E-state index >= 15 is 0 Å². The van der Waals surface area contributed by atoms with E-state index in [2.05, 4.69) is 10.6 Å². The van der Waals surface area contributed by atoms with Gasteiger partial charge < -0.3 is 10.6 Å². The van der Waals surface area contributed by atoms with Crippen molar-refractivity contribution in [1.82, 2.24) is 10.6 Å². The van der Waals surface area contributed by atoms with Crippen LogP contribution in [0.15, 0.2) is 11.1 Å². The van der Waals surface area contributed by atoms with E-state index in [0.29, 0.717) is 0 Å². The smallest absolute Gasteiger partial charge is 0.246 e. The van der Waals surface area contributed by atoms with Crippen LogP contribution in [-0.2, 0) is 4.79 Å². The fourth-order valence-corrected chi connectivity index (χ4v) is 3.66. The molecule has 1 heterocycles. The zero-order valence-electron chi connectivity index (χ0n) is 10.6. The lowest BCUT2D eigenvalue weighted by Crippen LogP contribution is -2.38. The van der Waals surface area contributed by atoms with Gasteiger partial charge in [-0.1, -0.05) is 6.42 Å². The van der Waals surface area contributed by atoms with Crippen LogP contribution < -0.4 is 10.6 Å². The summed E-state index contributed by atoms with van der Waals surface area (Å²) >= 11 is 0. The Balaban J connectivity index is 1.49. The van der Waals surface area contributed by atoms with Crippen LogP contribution >= 0.6 is 0 Å². The summed E-state index contributed by atoms with van der Waals surface area (Å²) in [5, 5.41) is 6.31. The number of nitrogens with one attached hydrogen (secondary N) is 2. The van der Waals surface area contributed by atoms with E-state index in [1.165, 1.54) is 31.3 Å². The number of rotatable bonds is 3. The van der Waals surface area contributed by atoms with Crippen LogP contribution in [0.4, 0.5) is 0 Å². The second-order valence-corrected chi connectivity index (χ2v) is 5.98. The van der Waals surface area contributed by atoms with E-state index in [4.69, 9.17) is 0 Å². The van der Waals surface area contributed by atoms with Gasteiger partial charge in [-0.25, -0.2) is 0 Å². The Labute approximate surface area is 103 Å². The molecule has 3 rings (SSSR count). The molecule has 2 bridgehead atoms. The first kappa shape index (κ1) is 11.3. The molecule has 2 aliphatic carbocycles. The molecule has 0 aromatic rings. The summed E-state index contributed by atoms with van der Waals surface area (Å²) < 4.78 is 0. The first-order valence-corrected chi connectivity index (χ1v) is 6.91. The Morgan fingerprint density at radius 1 is 1.35 bits per heavy atom. The predicted molar refractivity (Wildman–Crippen MR) is 67.5 cm³/mol. The standard InChI is InChI=1S/C14H22N2O/c1-9(13-6-15-7-13)14(17)16-8-12-5-10-2-3-11(12)4-10/h10-12,15H,2-8H2,1H3,(H,16,17). The van der Waals surface area contributed by atoms with Crippen molar-refractivity contribution in [1.29, 1.82) is 0 Å². The summed E-state index contributed by atoms with van der Waals surface area (Å²) in [5.74, 6) is 2.79. The molecule has 1 amide bonds. The van der Waals surface area contributed by atoms with Crippen LogP contribution in [0, 0.1) is 17.8 Å². The van der Waals surface area contributed by atoms with Gasteiger partial charge in [-0.3, -0.25) is 4.79 Å². The van der Waals surface area contributed by atoms with Crippen molar-refractivity contribution in [3.8, 4) is 0 Å². The summed E-state index contributed by atoms with van der Waals surface area (Å²) in [7, 11) is 0. The van der Waals surface area contributed by atoms with Crippen LogP contribution in [0.1, 0.15) is 32.6 Å². The number of amides is 1. The molecule has 94 valence electrons. The van der Waals surface area contributed by atoms with Crippen LogP contribution in [0.2, 0.25) is 0 Å². The maximum absolute atomic E-state index is 11.9. The van der Waals surface area contributed by atoms with Gasteiger partial charge in [0.2, 0.25) is 5.91 Å². The third kappa shape index (κ3) is 2.13. The fraction of sp³-hybridized carbons (Fsp3) is 0.786. The highest BCUT2D eigenvalue weighted by Crippen LogP contribution is 2.47. The second-order valence-electron chi connectivity index (χ2n) is 5.98. The largest absolute Gasteiger partial charge is 0.352 e. The molecular formula is C14H22N2O. The molecule has 3 atom stereocenters. The maximum atomic E-state index is 11.9. The van der Waals surface area contributed by atoms with Crippen molar-refractivity contribution in [3.63, 3.8) is 0 Å². The Bertz CT molecular complexity index is 355. The molecule has 1 saturated heterocycles. The van der Waals surface area contributed by atoms with E-state index in [-0.39, 0.29) is 5.91 Å². The lowest BCUT2D eigenvalue weighted by molar-refractivity contribution is -0.117. The van der Waals surface area contributed by atoms with Gasteiger partial charge in [0.05, 0.1) is 0 Å². The predicted octanol–water partition coefficient (Wildman–Crippen LogP) is 1.46. The topological polar surface area (TPSA) is 41.1 Å². The van der Waals surface area contributed by atoms with E-state index in [9.17, 15) is 4.79 Å². The highest BCUT2D eigenvalue weighted by atomic mass is 16.1. The highest BCUT2D eigenvalue weighted by molar-refractivity contribution is 5.93. The minimum atomic E-state index is 0.157. The van der Waals surface area contributed by atoms with Gasteiger partial charge in [-0.05, 0) is 49.5 Å². The lowest BCUT2D eigenvalue weighted by Gasteiger charge is -2.24. The van der Waals surface area contributed by atoms with Crippen molar-refractivity contribution >= 4 is 5.91 Å². The third-order valence-electron chi connectivity index (χ3n) is 4.96. The normalized spacial score (nSPS) is 34.6. The molecule has 0 radical (unpaired) electrons. The average Bonchev–Trinajstić information content (AvgIpc) is 2.84. The molecule has 0 spiro atoms. The summed E-state index contributed by atoms with van der Waals surface area (Å²) in [5.41, 5.74) is 2.21. The van der Waals surface area contributed by atoms with Crippen LogP contribution in [-0.4, -0.2) is 25.5 Å².